The zero-order valence-electron chi connectivity index (χ0n) is 18.6. The lowest BCUT2D eigenvalue weighted by Gasteiger charge is -2.40. The number of piperazine rings is 1. The van der Waals surface area contributed by atoms with E-state index in [4.69, 9.17) is 0 Å². The van der Waals surface area contributed by atoms with Gasteiger partial charge in [0.15, 0.2) is 0 Å². The minimum Gasteiger partial charge on any atom is -0.353 e. The summed E-state index contributed by atoms with van der Waals surface area (Å²) < 4.78 is 1.29. The van der Waals surface area contributed by atoms with Gasteiger partial charge in [0.05, 0.1) is 6.07 Å². The third kappa shape index (κ3) is 5.13. The number of carbonyl (C=O) groups is 1. The first-order chi connectivity index (χ1) is 15.0. The number of anilines is 1. The number of benzene rings is 1. The van der Waals surface area contributed by atoms with Crippen LogP contribution in [0.25, 0.3) is 10.1 Å². The van der Waals surface area contributed by atoms with Crippen LogP contribution in [-0.2, 0) is 0 Å². The zero-order valence-corrected chi connectivity index (χ0v) is 19.4. The predicted octanol–water partition coefficient (Wildman–Crippen LogP) is 4.14. The largest absolute Gasteiger partial charge is 0.353 e. The van der Waals surface area contributed by atoms with Crippen LogP contribution < -0.4 is 10.2 Å². The number of hydrogen-bond donors (Lipinski definition) is 1. The van der Waals surface area contributed by atoms with Gasteiger partial charge in [0.2, 0.25) is 0 Å². The number of nitrogens with zero attached hydrogens (tertiary/aromatic N) is 4. The van der Waals surface area contributed by atoms with E-state index in [0.29, 0.717) is 6.04 Å². The van der Waals surface area contributed by atoms with Crippen LogP contribution in [0.5, 0.6) is 0 Å². The Bertz CT molecular complexity index is 927. The molecule has 1 aromatic heterocycles. The van der Waals surface area contributed by atoms with Crippen LogP contribution in [0.1, 0.15) is 32.1 Å². The fraction of sp³-hybridized carbons (Fsp3) is 0.583. The van der Waals surface area contributed by atoms with Crippen molar-refractivity contribution in [1.82, 2.24) is 15.1 Å². The normalized spacial score (nSPS) is 24.7. The first kappa shape index (κ1) is 21.9. The molecule has 2 fully saturated rings. The maximum Gasteiger partial charge on any atom is 0.317 e. The lowest BCUT2D eigenvalue weighted by atomic mass is 9.84. The standard InChI is InChI=1S/C24H33N5OS/c1-27(2)24(30)26-19-8-6-18(7-9-19)10-12-28-13-14-29(20(16-25)17-28)22-4-3-5-23-21(22)11-15-31-23/h3-5,11,15,18-20H,6-10,12-14,17H2,1-2H3,(H,26,30). The lowest BCUT2D eigenvalue weighted by molar-refractivity contribution is 0.190. The molecule has 2 aromatic rings. The topological polar surface area (TPSA) is 62.6 Å². The molecule has 1 aromatic carbocycles. The molecule has 1 aliphatic heterocycles. The summed E-state index contributed by atoms with van der Waals surface area (Å²) in [7, 11) is 3.58. The van der Waals surface area contributed by atoms with E-state index in [-0.39, 0.29) is 12.1 Å². The summed E-state index contributed by atoms with van der Waals surface area (Å²) in [5.41, 5.74) is 1.20. The summed E-state index contributed by atoms with van der Waals surface area (Å²) in [6.07, 6.45) is 5.69. The van der Waals surface area contributed by atoms with Gasteiger partial charge in [0.25, 0.3) is 0 Å². The Morgan fingerprint density at radius 1 is 1.23 bits per heavy atom. The molecule has 1 unspecified atom stereocenters. The molecule has 0 radical (unpaired) electrons. The third-order valence-corrected chi connectivity index (χ3v) is 7.71. The number of carbonyl (C=O) groups excluding carboxylic acids is 1. The summed E-state index contributed by atoms with van der Waals surface area (Å²) in [4.78, 5) is 18.2. The third-order valence-electron chi connectivity index (χ3n) is 6.83. The fourth-order valence-corrected chi connectivity index (χ4v) is 5.74. The van der Waals surface area contributed by atoms with Crippen LogP contribution in [-0.4, -0.2) is 68.2 Å². The molecule has 0 bridgehead atoms. The Morgan fingerprint density at radius 2 is 2.03 bits per heavy atom. The number of nitriles is 1. The fourth-order valence-electron chi connectivity index (χ4n) is 4.93. The quantitative estimate of drug-likeness (QED) is 0.761. The van der Waals surface area contributed by atoms with E-state index < -0.39 is 0 Å². The van der Waals surface area contributed by atoms with Crippen LogP contribution in [0.2, 0.25) is 0 Å². The van der Waals surface area contributed by atoms with E-state index in [1.54, 1.807) is 30.3 Å². The van der Waals surface area contributed by atoms with Crippen molar-refractivity contribution >= 4 is 33.1 Å². The zero-order chi connectivity index (χ0) is 21.8. The van der Waals surface area contributed by atoms with Crippen molar-refractivity contribution < 1.29 is 4.79 Å². The SMILES string of the molecule is CN(C)C(=O)NC1CCC(CCN2CCN(c3cccc4sccc34)C(C#N)C2)CC1. The van der Waals surface area contributed by atoms with Crippen molar-refractivity contribution in [1.29, 1.82) is 5.26 Å². The molecule has 1 saturated carbocycles. The number of amides is 2. The maximum atomic E-state index is 11.8. The highest BCUT2D eigenvalue weighted by Crippen LogP contribution is 2.33. The van der Waals surface area contributed by atoms with Gasteiger partial charge in [0.1, 0.15) is 6.04 Å². The molecule has 1 saturated heterocycles. The van der Waals surface area contributed by atoms with Gasteiger partial charge in [-0.2, -0.15) is 5.26 Å². The van der Waals surface area contributed by atoms with Crippen LogP contribution in [0, 0.1) is 17.2 Å². The van der Waals surface area contributed by atoms with Gasteiger partial charge in [-0.15, -0.1) is 11.3 Å². The Morgan fingerprint density at radius 3 is 2.77 bits per heavy atom. The van der Waals surface area contributed by atoms with Crippen LogP contribution in [0.4, 0.5) is 10.5 Å². The van der Waals surface area contributed by atoms with Gasteiger partial charge in [-0.25, -0.2) is 4.79 Å². The average molecular weight is 440 g/mol. The van der Waals surface area contributed by atoms with Crippen LogP contribution in [0.15, 0.2) is 29.6 Å². The number of rotatable bonds is 5. The van der Waals surface area contributed by atoms with Gasteiger partial charge in [-0.1, -0.05) is 6.07 Å². The Hall–Kier alpha value is -2.30. The van der Waals surface area contributed by atoms with Crippen molar-refractivity contribution in [3.63, 3.8) is 0 Å². The highest BCUT2D eigenvalue weighted by Gasteiger charge is 2.29. The molecular weight excluding hydrogens is 406 g/mol. The van der Waals surface area contributed by atoms with Crippen LogP contribution in [0.3, 0.4) is 0 Å². The highest BCUT2D eigenvalue weighted by atomic mass is 32.1. The molecular formula is C24H33N5OS. The molecule has 1 aliphatic carbocycles. The number of hydrogen-bond acceptors (Lipinski definition) is 5. The number of thiophene rings is 1. The molecule has 2 heterocycles. The van der Waals surface area contributed by atoms with Crippen molar-refractivity contribution in [2.24, 2.45) is 5.92 Å². The van der Waals surface area contributed by atoms with E-state index in [1.165, 1.54) is 35.0 Å². The number of urea groups is 1. The van der Waals surface area contributed by atoms with Crippen molar-refractivity contribution in [2.45, 2.75) is 44.2 Å². The van der Waals surface area contributed by atoms with Gasteiger partial charge < -0.3 is 15.1 Å². The summed E-state index contributed by atoms with van der Waals surface area (Å²) in [5, 5.41) is 16.4. The van der Waals surface area contributed by atoms with Gasteiger partial charge in [0, 0.05) is 55.5 Å². The molecule has 0 spiro atoms. The van der Waals surface area contributed by atoms with Gasteiger partial charge in [-0.3, -0.25) is 4.90 Å². The van der Waals surface area contributed by atoms with E-state index in [2.05, 4.69) is 50.8 Å². The summed E-state index contributed by atoms with van der Waals surface area (Å²) in [5.74, 6) is 0.727. The summed E-state index contributed by atoms with van der Waals surface area (Å²) in [6, 6.07) is 11.4. The van der Waals surface area contributed by atoms with Crippen molar-refractivity contribution in [2.75, 3.05) is 45.2 Å². The van der Waals surface area contributed by atoms with E-state index in [1.807, 2.05) is 0 Å². The first-order valence-corrected chi connectivity index (χ1v) is 12.3. The second-order valence-electron chi connectivity index (χ2n) is 9.10. The van der Waals surface area contributed by atoms with E-state index >= 15 is 0 Å². The monoisotopic (exact) mass is 439 g/mol. The van der Waals surface area contributed by atoms with Crippen molar-refractivity contribution in [3.05, 3.63) is 29.6 Å². The first-order valence-electron chi connectivity index (χ1n) is 11.4. The second-order valence-corrected chi connectivity index (χ2v) is 10.0. The molecule has 2 aliphatic rings. The molecule has 2 amide bonds. The lowest BCUT2D eigenvalue weighted by Crippen LogP contribution is -2.53. The van der Waals surface area contributed by atoms with Crippen molar-refractivity contribution in [3.8, 4) is 6.07 Å². The average Bonchev–Trinajstić information content (AvgIpc) is 3.27. The smallest absolute Gasteiger partial charge is 0.317 e. The summed E-state index contributed by atoms with van der Waals surface area (Å²) >= 11 is 1.76. The second kappa shape index (κ2) is 9.88. The van der Waals surface area contributed by atoms with Crippen LogP contribution >= 0.6 is 11.3 Å². The van der Waals surface area contributed by atoms with E-state index in [9.17, 15) is 10.1 Å². The highest BCUT2D eigenvalue weighted by molar-refractivity contribution is 7.17. The molecule has 1 atom stereocenters. The van der Waals surface area contributed by atoms with Gasteiger partial charge in [-0.05, 0) is 68.1 Å². The molecule has 7 heteroatoms. The molecule has 4 rings (SSSR count). The Kier molecular flexibility index (Phi) is 6.99. The van der Waals surface area contributed by atoms with Gasteiger partial charge >= 0.3 is 6.03 Å². The number of fused-ring (bicyclic) bond motifs is 1. The molecule has 166 valence electrons. The molecule has 6 nitrogen and oxygen atoms in total. The van der Waals surface area contributed by atoms with E-state index in [0.717, 1.165) is 44.9 Å². The molecule has 31 heavy (non-hydrogen) atoms. The summed E-state index contributed by atoms with van der Waals surface area (Å²) in [6.45, 7) is 3.78. The minimum atomic E-state index is -0.101. The number of nitrogens with one attached hydrogen (secondary N) is 1. The minimum absolute atomic E-state index is 0.0157. The maximum absolute atomic E-state index is 11.8. The Balaban J connectivity index is 1.26. The predicted molar refractivity (Wildman–Crippen MR) is 128 cm³/mol. The molecule has 1 N–H and O–H groups in total. The Labute approximate surface area is 189 Å².